The number of nitrogens with one attached hydrogen (secondary N) is 1. The predicted octanol–water partition coefficient (Wildman–Crippen LogP) is 2.22. The van der Waals surface area contributed by atoms with E-state index in [1.165, 1.54) is 12.3 Å². The number of carbonyl (C=O) groups is 1. The van der Waals surface area contributed by atoms with Crippen molar-refractivity contribution in [3.63, 3.8) is 0 Å². The quantitative estimate of drug-likeness (QED) is 0.826. The average molecular weight is 245 g/mol. The van der Waals surface area contributed by atoms with E-state index < -0.39 is 11.7 Å². The molecule has 0 aliphatic heterocycles. The Bertz CT molecular complexity index is 382. The van der Waals surface area contributed by atoms with Crippen LogP contribution in [0, 0.1) is 11.2 Å². The van der Waals surface area contributed by atoms with Gasteiger partial charge in [-0.05, 0) is 11.5 Å². The van der Waals surface area contributed by atoms with Crippen molar-refractivity contribution in [3.05, 3.63) is 29.8 Å². The van der Waals surface area contributed by atoms with Crippen molar-refractivity contribution in [2.45, 2.75) is 13.8 Å². The minimum atomic E-state index is -0.622. The summed E-state index contributed by atoms with van der Waals surface area (Å²) in [5.74, 6) is -0.645. The second-order valence-electron chi connectivity index (χ2n) is 4.34. The normalized spacial score (nSPS) is 11.2. The molecular weight excluding hydrogens is 231 g/mol. The molecule has 16 heavy (non-hydrogen) atoms. The molecule has 0 saturated carbocycles. The first kappa shape index (κ1) is 12.9. The van der Waals surface area contributed by atoms with Crippen molar-refractivity contribution < 1.29 is 9.18 Å². The summed E-state index contributed by atoms with van der Waals surface area (Å²) in [6, 6.07) is 1.35. The lowest BCUT2D eigenvalue weighted by atomic mass is 9.96. The van der Waals surface area contributed by atoms with Crippen molar-refractivity contribution >= 4 is 17.5 Å². The van der Waals surface area contributed by atoms with Gasteiger partial charge < -0.3 is 5.32 Å². The van der Waals surface area contributed by atoms with Crippen molar-refractivity contribution in [2.75, 3.05) is 12.4 Å². The van der Waals surface area contributed by atoms with Crippen LogP contribution in [0.15, 0.2) is 18.5 Å². The highest BCUT2D eigenvalue weighted by Crippen LogP contribution is 2.15. The third-order valence-electron chi connectivity index (χ3n) is 2.11. The molecule has 0 bridgehead atoms. The summed E-state index contributed by atoms with van der Waals surface area (Å²) in [4.78, 5) is 15.2. The van der Waals surface area contributed by atoms with Gasteiger partial charge in [-0.2, -0.15) is 0 Å². The molecule has 1 aromatic heterocycles. The number of amides is 1. The number of hydrogen-bond acceptors (Lipinski definition) is 2. The molecule has 1 heterocycles. The van der Waals surface area contributed by atoms with E-state index >= 15 is 0 Å². The van der Waals surface area contributed by atoms with E-state index in [9.17, 15) is 9.18 Å². The van der Waals surface area contributed by atoms with Gasteiger partial charge >= 0.3 is 0 Å². The van der Waals surface area contributed by atoms with Crippen LogP contribution in [0.25, 0.3) is 0 Å². The van der Waals surface area contributed by atoms with Gasteiger partial charge in [-0.3, -0.25) is 9.78 Å². The highest BCUT2D eigenvalue weighted by atomic mass is 35.5. The van der Waals surface area contributed by atoms with Gasteiger partial charge in [0.1, 0.15) is 0 Å². The maximum absolute atomic E-state index is 13.2. The molecule has 0 saturated heterocycles. The van der Waals surface area contributed by atoms with Crippen LogP contribution in [-0.4, -0.2) is 23.3 Å². The van der Waals surface area contributed by atoms with E-state index in [-0.39, 0.29) is 11.0 Å². The van der Waals surface area contributed by atoms with E-state index in [4.69, 9.17) is 11.6 Å². The molecule has 0 atom stereocenters. The Hall–Kier alpha value is -1.16. The Labute approximate surface area is 99.0 Å². The Kier molecular flexibility index (Phi) is 4.24. The van der Waals surface area contributed by atoms with E-state index in [0.29, 0.717) is 12.4 Å². The van der Waals surface area contributed by atoms with Crippen molar-refractivity contribution in [1.29, 1.82) is 0 Å². The zero-order valence-electron chi connectivity index (χ0n) is 9.26. The summed E-state index contributed by atoms with van der Waals surface area (Å²) in [6.45, 7) is 4.24. The molecule has 0 unspecified atom stereocenters. The van der Waals surface area contributed by atoms with Crippen LogP contribution in [0.4, 0.5) is 4.39 Å². The third kappa shape index (κ3) is 3.45. The van der Waals surface area contributed by atoms with Gasteiger partial charge in [0.2, 0.25) is 0 Å². The van der Waals surface area contributed by atoms with E-state index in [2.05, 4.69) is 10.3 Å². The van der Waals surface area contributed by atoms with Gasteiger partial charge in [0.15, 0.2) is 5.82 Å². The summed E-state index contributed by atoms with van der Waals surface area (Å²) in [7, 11) is 0. The number of carbonyl (C=O) groups excluding carboxylic acids is 1. The molecule has 1 rings (SSSR count). The number of hydrogen-bond donors (Lipinski definition) is 1. The maximum atomic E-state index is 13.2. The van der Waals surface area contributed by atoms with Gasteiger partial charge in [-0.15, -0.1) is 11.6 Å². The van der Waals surface area contributed by atoms with Gasteiger partial charge in [0.05, 0.1) is 11.8 Å². The lowest BCUT2D eigenvalue weighted by molar-refractivity contribution is 0.0935. The Morgan fingerprint density at radius 1 is 1.62 bits per heavy atom. The van der Waals surface area contributed by atoms with Crippen molar-refractivity contribution in [1.82, 2.24) is 10.3 Å². The fourth-order valence-corrected chi connectivity index (χ4v) is 1.12. The molecule has 0 fully saturated rings. The average Bonchev–Trinajstić information content (AvgIpc) is 2.27. The summed E-state index contributed by atoms with van der Waals surface area (Å²) in [5, 5.41) is 2.64. The topological polar surface area (TPSA) is 42.0 Å². The summed E-state index contributed by atoms with van der Waals surface area (Å²) >= 11 is 5.72. The van der Waals surface area contributed by atoms with E-state index in [1.54, 1.807) is 0 Å². The number of halogens is 2. The molecule has 5 heteroatoms. The number of nitrogens with zero attached hydrogens (tertiary/aromatic N) is 1. The lowest BCUT2D eigenvalue weighted by Gasteiger charge is -2.21. The number of aromatic nitrogens is 1. The first-order chi connectivity index (χ1) is 7.46. The minimum Gasteiger partial charge on any atom is -0.351 e. The molecule has 1 aromatic rings. The lowest BCUT2D eigenvalue weighted by Crippen LogP contribution is -2.35. The molecule has 1 N–H and O–H groups in total. The maximum Gasteiger partial charge on any atom is 0.254 e. The van der Waals surface area contributed by atoms with Crippen molar-refractivity contribution in [3.8, 4) is 0 Å². The first-order valence-corrected chi connectivity index (χ1v) is 5.43. The van der Waals surface area contributed by atoms with Crippen LogP contribution >= 0.6 is 11.6 Å². The summed E-state index contributed by atoms with van der Waals surface area (Å²) in [5.41, 5.74) is -0.207. The van der Waals surface area contributed by atoms with Crippen LogP contribution in [-0.2, 0) is 0 Å². The van der Waals surface area contributed by atoms with Gasteiger partial charge in [0, 0.05) is 18.6 Å². The first-order valence-electron chi connectivity index (χ1n) is 4.90. The van der Waals surface area contributed by atoms with Gasteiger partial charge in [-0.25, -0.2) is 4.39 Å². The fraction of sp³-hybridized carbons (Fsp3) is 0.455. The zero-order valence-corrected chi connectivity index (χ0v) is 10.0. The number of alkyl halides is 1. The van der Waals surface area contributed by atoms with Crippen LogP contribution in [0.1, 0.15) is 24.2 Å². The van der Waals surface area contributed by atoms with Gasteiger partial charge in [0.25, 0.3) is 5.91 Å². The standard InChI is InChI=1S/C11H14ClFN2O/c1-11(2,6-12)7-15-10(16)8-3-4-14-5-9(8)13/h3-5H,6-7H2,1-2H3,(H,15,16). The fourth-order valence-electron chi connectivity index (χ4n) is 1.02. The van der Waals surface area contributed by atoms with Crippen LogP contribution in [0.3, 0.4) is 0 Å². The molecule has 0 aromatic carbocycles. The molecule has 0 radical (unpaired) electrons. The number of rotatable bonds is 4. The summed E-state index contributed by atoms with van der Waals surface area (Å²) < 4.78 is 13.2. The van der Waals surface area contributed by atoms with Crippen molar-refractivity contribution in [2.24, 2.45) is 5.41 Å². The van der Waals surface area contributed by atoms with Crippen LogP contribution in [0.2, 0.25) is 0 Å². The smallest absolute Gasteiger partial charge is 0.254 e. The zero-order chi connectivity index (χ0) is 12.2. The van der Waals surface area contributed by atoms with E-state index in [0.717, 1.165) is 6.20 Å². The minimum absolute atomic E-state index is 0.000345. The molecule has 1 amide bonds. The Morgan fingerprint density at radius 3 is 2.88 bits per heavy atom. The molecular formula is C11H14ClFN2O. The van der Waals surface area contributed by atoms with Crippen LogP contribution in [0.5, 0.6) is 0 Å². The molecule has 0 aliphatic carbocycles. The molecule has 0 spiro atoms. The van der Waals surface area contributed by atoms with Crippen LogP contribution < -0.4 is 5.32 Å². The molecule has 0 aliphatic rings. The highest BCUT2D eigenvalue weighted by Gasteiger charge is 2.19. The second-order valence-corrected chi connectivity index (χ2v) is 4.60. The molecule has 88 valence electrons. The molecule has 3 nitrogen and oxygen atoms in total. The monoisotopic (exact) mass is 244 g/mol. The number of pyridine rings is 1. The predicted molar refractivity (Wildman–Crippen MR) is 61.0 cm³/mol. The summed E-state index contributed by atoms with van der Waals surface area (Å²) in [6.07, 6.45) is 2.40. The van der Waals surface area contributed by atoms with Gasteiger partial charge in [-0.1, -0.05) is 13.8 Å². The SMILES string of the molecule is CC(C)(CCl)CNC(=O)c1ccncc1F. The van der Waals surface area contributed by atoms with E-state index in [1.807, 2.05) is 13.8 Å². The Balaban J connectivity index is 2.64. The largest absolute Gasteiger partial charge is 0.351 e. The highest BCUT2D eigenvalue weighted by molar-refractivity contribution is 6.18. The Morgan fingerprint density at radius 2 is 2.31 bits per heavy atom. The second kappa shape index (κ2) is 5.25. The third-order valence-corrected chi connectivity index (χ3v) is 2.83.